The molecule has 0 unspecified atom stereocenters. The molecular formula is C25H28ClN3O4. The molecule has 2 N–H and O–H groups in total. The molecule has 33 heavy (non-hydrogen) atoms. The summed E-state index contributed by atoms with van der Waals surface area (Å²) in [7, 11) is 0. The third-order valence-electron chi connectivity index (χ3n) is 6.56. The molecule has 2 aliphatic heterocycles. The van der Waals surface area contributed by atoms with Gasteiger partial charge in [-0.1, -0.05) is 42.8 Å². The van der Waals surface area contributed by atoms with Crippen LogP contribution in [0.25, 0.3) is 6.08 Å². The number of pyridine rings is 1. The number of carbonyl (C=O) groups excluding carboxylic acids is 2. The van der Waals surface area contributed by atoms with Crippen LogP contribution in [0.4, 0.5) is 4.79 Å². The average Bonchev–Trinajstić information content (AvgIpc) is 3.21. The molecule has 3 atom stereocenters. The third kappa shape index (κ3) is 5.37. The Morgan fingerprint density at radius 2 is 2.18 bits per heavy atom. The Balaban J connectivity index is 1.51. The Hall–Kier alpha value is -2.90. The van der Waals surface area contributed by atoms with Gasteiger partial charge in [0.05, 0.1) is 12.6 Å². The minimum atomic E-state index is -0.249. The normalized spacial score (nSPS) is 21.1. The van der Waals surface area contributed by atoms with Gasteiger partial charge in [-0.25, -0.2) is 4.79 Å². The predicted octanol–water partition coefficient (Wildman–Crippen LogP) is 4.00. The molecular weight excluding hydrogens is 442 g/mol. The highest BCUT2D eigenvalue weighted by Crippen LogP contribution is 2.38. The van der Waals surface area contributed by atoms with E-state index < -0.39 is 0 Å². The predicted molar refractivity (Wildman–Crippen MR) is 126 cm³/mol. The van der Waals surface area contributed by atoms with Crippen LogP contribution >= 0.6 is 11.6 Å². The van der Waals surface area contributed by atoms with Gasteiger partial charge in [-0.15, -0.1) is 0 Å². The monoisotopic (exact) mass is 469 g/mol. The summed E-state index contributed by atoms with van der Waals surface area (Å²) in [6, 6.07) is 9.28. The number of aliphatic hydroxyl groups excluding tert-OH is 1. The number of halogens is 1. The van der Waals surface area contributed by atoms with E-state index in [1.54, 1.807) is 24.4 Å². The number of hydrogen-bond acceptors (Lipinski definition) is 5. The number of aliphatic hydroxyl groups is 1. The van der Waals surface area contributed by atoms with E-state index in [1.807, 2.05) is 29.2 Å². The number of carbonyl (C=O) groups is 2. The molecule has 0 radical (unpaired) electrons. The van der Waals surface area contributed by atoms with Crippen LogP contribution in [0.15, 0.2) is 42.6 Å². The molecule has 2 aliphatic rings. The van der Waals surface area contributed by atoms with Crippen LogP contribution < -0.4 is 5.32 Å². The van der Waals surface area contributed by atoms with Gasteiger partial charge in [0.1, 0.15) is 12.3 Å². The smallest absolute Gasteiger partial charge is 0.410 e. The maximum Gasteiger partial charge on any atom is 0.410 e. The van der Waals surface area contributed by atoms with Crippen LogP contribution in [0.3, 0.4) is 0 Å². The van der Waals surface area contributed by atoms with Crippen molar-refractivity contribution in [1.82, 2.24) is 15.2 Å². The zero-order chi connectivity index (χ0) is 23.4. The van der Waals surface area contributed by atoms with E-state index in [9.17, 15) is 14.7 Å². The first kappa shape index (κ1) is 23.3. The van der Waals surface area contributed by atoms with Gasteiger partial charge in [0.25, 0.3) is 5.91 Å². The largest absolute Gasteiger partial charge is 0.447 e. The lowest BCUT2D eigenvalue weighted by atomic mass is 9.78. The Kier molecular flexibility index (Phi) is 7.30. The molecule has 1 aromatic heterocycles. The van der Waals surface area contributed by atoms with Gasteiger partial charge in [0.2, 0.25) is 0 Å². The summed E-state index contributed by atoms with van der Waals surface area (Å²) in [4.78, 5) is 30.9. The van der Waals surface area contributed by atoms with Gasteiger partial charge < -0.3 is 20.1 Å². The summed E-state index contributed by atoms with van der Waals surface area (Å²) in [5.41, 5.74) is 3.19. The van der Waals surface area contributed by atoms with E-state index in [2.05, 4.69) is 17.2 Å². The number of nitrogens with zero attached hydrogens (tertiary/aromatic N) is 2. The van der Waals surface area contributed by atoms with Crippen LogP contribution in [0.5, 0.6) is 0 Å². The number of nitrogens with one attached hydrogen (secondary N) is 1. The number of hydrogen-bond donors (Lipinski definition) is 2. The van der Waals surface area contributed by atoms with Gasteiger partial charge in [-0.2, -0.15) is 0 Å². The summed E-state index contributed by atoms with van der Waals surface area (Å²) < 4.78 is 5.21. The summed E-state index contributed by atoms with van der Waals surface area (Å²) >= 11 is 5.92. The number of amides is 2. The van der Waals surface area contributed by atoms with Crippen LogP contribution in [-0.2, 0) is 11.3 Å². The van der Waals surface area contributed by atoms with Crippen molar-refractivity contribution in [3.05, 3.63) is 70.0 Å². The number of cyclic esters (lactones) is 1. The van der Waals surface area contributed by atoms with Crippen molar-refractivity contribution in [3.8, 4) is 0 Å². The van der Waals surface area contributed by atoms with Crippen molar-refractivity contribution >= 4 is 29.7 Å². The number of rotatable bonds is 7. The van der Waals surface area contributed by atoms with Crippen molar-refractivity contribution in [1.29, 1.82) is 0 Å². The lowest BCUT2D eigenvalue weighted by molar-refractivity contribution is 0.0945. The molecule has 0 saturated carbocycles. The lowest BCUT2D eigenvalue weighted by Gasteiger charge is -2.36. The highest BCUT2D eigenvalue weighted by Gasteiger charge is 2.40. The fourth-order valence-electron chi connectivity index (χ4n) is 4.63. The summed E-state index contributed by atoms with van der Waals surface area (Å²) in [5.74, 6) is 0.238. The molecule has 8 heteroatoms. The van der Waals surface area contributed by atoms with Crippen molar-refractivity contribution in [2.45, 2.75) is 38.3 Å². The van der Waals surface area contributed by atoms with Crippen molar-refractivity contribution in [3.63, 3.8) is 0 Å². The molecule has 7 nitrogen and oxygen atoms in total. The van der Waals surface area contributed by atoms with E-state index in [4.69, 9.17) is 16.3 Å². The molecule has 0 spiro atoms. The number of aromatic nitrogens is 1. The van der Waals surface area contributed by atoms with E-state index in [0.29, 0.717) is 36.3 Å². The van der Waals surface area contributed by atoms with Crippen LogP contribution in [0, 0.1) is 5.92 Å². The zero-order valence-corrected chi connectivity index (χ0v) is 19.3. The van der Waals surface area contributed by atoms with Gasteiger partial charge in [-0.05, 0) is 59.6 Å². The Morgan fingerprint density at radius 3 is 2.94 bits per heavy atom. The van der Waals surface area contributed by atoms with E-state index in [0.717, 1.165) is 29.5 Å². The SMILES string of the molecule is C[C@H](c1cc(C(=O)NCc2ccc(Cl)cc2)ncc1/C=C/CO)[C@H]1CCN2C(=O)OC[C@@H]2C1. The van der Waals surface area contributed by atoms with Gasteiger partial charge >= 0.3 is 6.09 Å². The molecule has 2 saturated heterocycles. The minimum Gasteiger partial charge on any atom is -0.447 e. The third-order valence-corrected chi connectivity index (χ3v) is 6.81. The Labute approximate surface area is 198 Å². The average molecular weight is 470 g/mol. The fourth-order valence-corrected chi connectivity index (χ4v) is 4.76. The van der Waals surface area contributed by atoms with E-state index >= 15 is 0 Å². The maximum absolute atomic E-state index is 12.8. The Bertz CT molecular complexity index is 1040. The zero-order valence-electron chi connectivity index (χ0n) is 18.5. The van der Waals surface area contributed by atoms with Gasteiger partial charge in [0, 0.05) is 24.3 Å². The van der Waals surface area contributed by atoms with Crippen molar-refractivity contribution in [2.24, 2.45) is 5.92 Å². The quantitative estimate of drug-likeness (QED) is 0.639. The van der Waals surface area contributed by atoms with Crippen LogP contribution in [0.2, 0.25) is 5.02 Å². The second-order valence-electron chi connectivity index (χ2n) is 8.59. The summed E-state index contributed by atoms with van der Waals surface area (Å²) in [6.07, 6.45) is 6.70. The van der Waals surface area contributed by atoms with Crippen LogP contribution in [-0.4, -0.2) is 52.8 Å². The van der Waals surface area contributed by atoms with Crippen molar-refractivity contribution in [2.75, 3.05) is 19.8 Å². The molecule has 2 aromatic rings. The molecule has 174 valence electrons. The van der Waals surface area contributed by atoms with Gasteiger partial charge in [-0.3, -0.25) is 9.78 Å². The highest BCUT2D eigenvalue weighted by atomic mass is 35.5. The minimum absolute atomic E-state index is 0.0724. The summed E-state index contributed by atoms with van der Waals surface area (Å²) in [5, 5.41) is 12.8. The number of ether oxygens (including phenoxy) is 1. The standard InChI is InChI=1S/C25H28ClN3O4/c1-16(18-8-9-29-21(11-18)15-33-25(29)32)22-12-23(27-14-19(22)3-2-10-30)24(31)28-13-17-4-6-20(26)7-5-17/h2-7,12,14,16,18,21,30H,8-11,13,15H2,1H3,(H,28,31)/b3-2+/t16-,18-,21-/m0/s1. The topological polar surface area (TPSA) is 91.8 Å². The lowest BCUT2D eigenvalue weighted by Crippen LogP contribution is -2.42. The molecule has 2 fully saturated rings. The summed E-state index contributed by atoms with van der Waals surface area (Å²) in [6.45, 7) is 3.58. The first-order valence-electron chi connectivity index (χ1n) is 11.2. The molecule has 1 aromatic carbocycles. The first-order valence-corrected chi connectivity index (χ1v) is 11.6. The number of piperidine rings is 1. The molecule has 0 aliphatic carbocycles. The second-order valence-corrected chi connectivity index (χ2v) is 9.03. The Morgan fingerprint density at radius 1 is 1.39 bits per heavy atom. The van der Waals surface area contributed by atoms with Crippen LogP contribution in [0.1, 0.15) is 52.9 Å². The first-order chi connectivity index (χ1) is 16.0. The van der Waals surface area contributed by atoms with E-state index in [1.165, 1.54) is 0 Å². The molecule has 3 heterocycles. The number of benzene rings is 1. The van der Waals surface area contributed by atoms with Gasteiger partial charge in [0.15, 0.2) is 0 Å². The van der Waals surface area contributed by atoms with E-state index in [-0.39, 0.29) is 30.6 Å². The molecule has 0 bridgehead atoms. The molecule has 2 amide bonds. The highest BCUT2D eigenvalue weighted by molar-refractivity contribution is 6.30. The number of fused-ring (bicyclic) bond motifs is 1. The second kappa shape index (κ2) is 10.4. The fraction of sp³-hybridized carbons (Fsp3) is 0.400. The maximum atomic E-state index is 12.8. The molecule has 4 rings (SSSR count). The van der Waals surface area contributed by atoms with Crippen molar-refractivity contribution < 1.29 is 19.4 Å².